The fourth-order valence-corrected chi connectivity index (χ4v) is 1.22. The number of carbonyl (C=O) groups excluding carboxylic acids is 1. The van der Waals surface area contributed by atoms with Gasteiger partial charge in [-0.1, -0.05) is 12.1 Å². The van der Waals surface area contributed by atoms with E-state index in [1.54, 1.807) is 18.3 Å². The number of fused-ring (bicyclic) bond motifs is 1. The molecule has 0 aliphatic rings. The quantitative estimate of drug-likeness (QED) is 0.503. The van der Waals surface area contributed by atoms with E-state index in [1.807, 2.05) is 6.07 Å². The first kappa shape index (κ1) is 8.62. The van der Waals surface area contributed by atoms with Gasteiger partial charge in [0.1, 0.15) is 11.8 Å². The van der Waals surface area contributed by atoms with E-state index in [1.165, 1.54) is 13.3 Å². The van der Waals surface area contributed by atoms with Gasteiger partial charge in [0, 0.05) is 18.5 Å². The van der Waals surface area contributed by atoms with Crippen molar-refractivity contribution in [2.75, 3.05) is 0 Å². The number of ether oxygens (including phenoxy) is 1. The maximum Gasteiger partial charge on any atom is 0.308 e. The molecule has 0 aliphatic carbocycles. The molecule has 0 fully saturated rings. The second-order valence-corrected chi connectivity index (χ2v) is 2.81. The number of hydrogen-bond donors (Lipinski definition) is 0. The highest BCUT2D eigenvalue weighted by Crippen LogP contribution is 2.22. The number of benzene rings is 1. The minimum atomic E-state index is -0.351. The Labute approximate surface area is 80.6 Å². The Morgan fingerprint density at radius 3 is 3.07 bits per heavy atom. The topological polar surface area (TPSA) is 52.1 Å². The molecule has 1 aromatic heterocycles. The molecule has 14 heavy (non-hydrogen) atoms. The SMILES string of the molecule is CC(=O)Oc1cccc2cncnc12. The lowest BCUT2D eigenvalue weighted by molar-refractivity contribution is -0.131. The molecule has 0 atom stereocenters. The first-order valence-corrected chi connectivity index (χ1v) is 4.14. The van der Waals surface area contributed by atoms with Crippen LogP contribution in [0, 0.1) is 0 Å². The van der Waals surface area contributed by atoms with E-state index >= 15 is 0 Å². The molecule has 1 aromatic carbocycles. The van der Waals surface area contributed by atoms with Gasteiger partial charge in [-0.3, -0.25) is 4.79 Å². The van der Waals surface area contributed by atoms with Crippen LogP contribution in [0.2, 0.25) is 0 Å². The molecule has 0 unspecified atom stereocenters. The molecule has 0 spiro atoms. The molecule has 1 heterocycles. The van der Waals surface area contributed by atoms with Crippen molar-refractivity contribution in [1.29, 1.82) is 0 Å². The van der Waals surface area contributed by atoms with E-state index in [-0.39, 0.29) is 5.97 Å². The fraction of sp³-hybridized carbons (Fsp3) is 0.100. The number of carbonyl (C=O) groups is 1. The Balaban J connectivity index is 2.59. The summed E-state index contributed by atoms with van der Waals surface area (Å²) in [6.45, 7) is 1.36. The summed E-state index contributed by atoms with van der Waals surface area (Å²) in [5, 5.41) is 0.853. The van der Waals surface area contributed by atoms with Crippen LogP contribution >= 0.6 is 0 Å². The molecule has 70 valence electrons. The maximum atomic E-state index is 10.8. The van der Waals surface area contributed by atoms with Crippen molar-refractivity contribution in [1.82, 2.24) is 9.97 Å². The van der Waals surface area contributed by atoms with Crippen molar-refractivity contribution in [3.8, 4) is 5.75 Å². The summed E-state index contributed by atoms with van der Waals surface area (Å²) in [6.07, 6.45) is 3.10. The van der Waals surface area contributed by atoms with Crippen LogP contribution in [0.15, 0.2) is 30.7 Å². The van der Waals surface area contributed by atoms with Crippen LogP contribution in [0.4, 0.5) is 0 Å². The molecular weight excluding hydrogens is 180 g/mol. The zero-order valence-electron chi connectivity index (χ0n) is 7.60. The molecular formula is C10H8N2O2. The van der Waals surface area contributed by atoms with Gasteiger partial charge in [0.2, 0.25) is 0 Å². The second kappa shape index (κ2) is 3.41. The number of hydrogen-bond acceptors (Lipinski definition) is 4. The Morgan fingerprint density at radius 1 is 1.43 bits per heavy atom. The van der Waals surface area contributed by atoms with E-state index in [9.17, 15) is 4.79 Å². The lowest BCUT2D eigenvalue weighted by Gasteiger charge is -2.03. The smallest absolute Gasteiger partial charge is 0.308 e. The first-order chi connectivity index (χ1) is 6.77. The molecule has 0 saturated heterocycles. The highest BCUT2D eigenvalue weighted by molar-refractivity contribution is 5.85. The van der Waals surface area contributed by atoms with Crippen LogP contribution in [0.5, 0.6) is 5.75 Å². The molecule has 0 radical (unpaired) electrons. The van der Waals surface area contributed by atoms with E-state index in [2.05, 4.69) is 9.97 Å². The predicted octanol–water partition coefficient (Wildman–Crippen LogP) is 1.56. The van der Waals surface area contributed by atoms with Gasteiger partial charge in [-0.05, 0) is 6.07 Å². The van der Waals surface area contributed by atoms with Crippen LogP contribution in [0.1, 0.15) is 6.92 Å². The zero-order valence-corrected chi connectivity index (χ0v) is 7.60. The van der Waals surface area contributed by atoms with Crippen molar-refractivity contribution in [3.63, 3.8) is 0 Å². The maximum absolute atomic E-state index is 10.8. The van der Waals surface area contributed by atoms with Gasteiger partial charge in [-0.25, -0.2) is 9.97 Å². The average molecular weight is 188 g/mol. The van der Waals surface area contributed by atoms with E-state index in [4.69, 9.17) is 4.74 Å². The lowest BCUT2D eigenvalue weighted by Crippen LogP contribution is -2.02. The summed E-state index contributed by atoms with van der Waals surface area (Å²) < 4.78 is 5.00. The normalized spacial score (nSPS) is 10.1. The summed E-state index contributed by atoms with van der Waals surface area (Å²) in [6, 6.07) is 5.36. The van der Waals surface area contributed by atoms with Crippen molar-refractivity contribution in [3.05, 3.63) is 30.7 Å². The van der Waals surface area contributed by atoms with Crippen LogP contribution < -0.4 is 4.74 Å². The Bertz CT molecular complexity index is 477. The number of esters is 1. The number of nitrogens with zero attached hydrogens (tertiary/aromatic N) is 2. The first-order valence-electron chi connectivity index (χ1n) is 4.14. The molecule has 0 saturated carbocycles. The summed E-state index contributed by atoms with van der Waals surface area (Å²) >= 11 is 0. The summed E-state index contributed by atoms with van der Waals surface area (Å²) in [5.74, 6) is 0.119. The van der Waals surface area contributed by atoms with Crippen molar-refractivity contribution >= 4 is 16.9 Å². The Morgan fingerprint density at radius 2 is 2.29 bits per heavy atom. The Hall–Kier alpha value is -1.97. The third kappa shape index (κ3) is 1.54. The molecule has 2 aromatic rings. The fourth-order valence-electron chi connectivity index (χ4n) is 1.22. The minimum Gasteiger partial charge on any atom is -0.424 e. The molecule has 0 N–H and O–H groups in total. The zero-order chi connectivity index (χ0) is 9.97. The standard InChI is InChI=1S/C10H8N2O2/c1-7(13)14-9-4-2-3-8-5-11-6-12-10(8)9/h2-6H,1H3. The van der Waals surface area contributed by atoms with Crippen LogP contribution in [0.3, 0.4) is 0 Å². The van der Waals surface area contributed by atoms with Crippen molar-refractivity contribution in [2.45, 2.75) is 6.92 Å². The Kier molecular flexibility index (Phi) is 2.10. The molecule has 0 bridgehead atoms. The average Bonchev–Trinajstić information content (AvgIpc) is 2.18. The second-order valence-electron chi connectivity index (χ2n) is 2.81. The molecule has 4 heteroatoms. The molecule has 4 nitrogen and oxygen atoms in total. The van der Waals surface area contributed by atoms with Gasteiger partial charge in [0.05, 0.1) is 0 Å². The largest absolute Gasteiger partial charge is 0.424 e. The van der Waals surface area contributed by atoms with Crippen LogP contribution in [-0.4, -0.2) is 15.9 Å². The predicted molar refractivity (Wildman–Crippen MR) is 50.8 cm³/mol. The van der Waals surface area contributed by atoms with E-state index < -0.39 is 0 Å². The summed E-state index contributed by atoms with van der Waals surface area (Å²) in [4.78, 5) is 18.7. The highest BCUT2D eigenvalue weighted by Gasteiger charge is 2.04. The van der Waals surface area contributed by atoms with Gasteiger partial charge >= 0.3 is 5.97 Å². The third-order valence-electron chi connectivity index (χ3n) is 1.75. The van der Waals surface area contributed by atoms with E-state index in [0.717, 1.165) is 5.39 Å². The van der Waals surface area contributed by atoms with Crippen LogP contribution in [0.25, 0.3) is 10.9 Å². The number of para-hydroxylation sites is 1. The van der Waals surface area contributed by atoms with Gasteiger partial charge < -0.3 is 4.74 Å². The van der Waals surface area contributed by atoms with E-state index in [0.29, 0.717) is 11.3 Å². The van der Waals surface area contributed by atoms with Gasteiger partial charge in [-0.2, -0.15) is 0 Å². The molecule has 2 rings (SSSR count). The number of aromatic nitrogens is 2. The van der Waals surface area contributed by atoms with Crippen LogP contribution in [-0.2, 0) is 4.79 Å². The van der Waals surface area contributed by atoms with Crippen molar-refractivity contribution < 1.29 is 9.53 Å². The van der Waals surface area contributed by atoms with Gasteiger partial charge in [-0.15, -0.1) is 0 Å². The number of rotatable bonds is 1. The minimum absolute atomic E-state index is 0.351. The third-order valence-corrected chi connectivity index (χ3v) is 1.75. The van der Waals surface area contributed by atoms with Crippen molar-refractivity contribution in [2.24, 2.45) is 0 Å². The summed E-state index contributed by atoms with van der Waals surface area (Å²) in [7, 11) is 0. The molecule has 0 amide bonds. The summed E-state index contributed by atoms with van der Waals surface area (Å²) in [5.41, 5.74) is 0.651. The van der Waals surface area contributed by atoms with Gasteiger partial charge in [0.25, 0.3) is 0 Å². The highest BCUT2D eigenvalue weighted by atomic mass is 16.5. The lowest BCUT2D eigenvalue weighted by atomic mass is 10.2. The van der Waals surface area contributed by atoms with Gasteiger partial charge in [0.15, 0.2) is 5.75 Å². The monoisotopic (exact) mass is 188 g/mol. The molecule has 0 aliphatic heterocycles.